The summed E-state index contributed by atoms with van der Waals surface area (Å²) in [6.45, 7) is 5.31. The van der Waals surface area contributed by atoms with Crippen LogP contribution in [0.2, 0.25) is 0 Å². The maximum absolute atomic E-state index is 12.8. The highest BCUT2D eigenvalue weighted by Crippen LogP contribution is 2.29. The molecule has 1 aliphatic carbocycles. The predicted molar refractivity (Wildman–Crippen MR) is 96.2 cm³/mol. The van der Waals surface area contributed by atoms with Gasteiger partial charge in [-0.2, -0.15) is 0 Å². The van der Waals surface area contributed by atoms with Gasteiger partial charge in [0.05, 0.1) is 6.54 Å². The van der Waals surface area contributed by atoms with E-state index in [-0.39, 0.29) is 17.7 Å². The summed E-state index contributed by atoms with van der Waals surface area (Å²) in [4.78, 5) is 28.4. The number of hydrogen-bond acceptors (Lipinski definition) is 4. The molecule has 1 atom stereocenters. The maximum Gasteiger partial charge on any atom is 0.226 e. The second kappa shape index (κ2) is 7.37. The lowest BCUT2D eigenvalue weighted by molar-refractivity contribution is -0.138. The summed E-state index contributed by atoms with van der Waals surface area (Å²) in [5.74, 6) is 2.80. The van der Waals surface area contributed by atoms with Gasteiger partial charge in [-0.15, -0.1) is 10.2 Å². The molecule has 1 aromatic heterocycles. The Morgan fingerprint density at radius 2 is 1.73 bits per heavy atom. The number of piperidine rings is 1. The average molecular weight is 359 g/mol. The number of nitrogens with zero attached hydrogens (tertiary/aromatic N) is 5. The first-order valence-corrected chi connectivity index (χ1v) is 10.1. The molecule has 3 aliphatic rings. The molecule has 2 aliphatic heterocycles. The van der Waals surface area contributed by atoms with Gasteiger partial charge in [0.1, 0.15) is 5.82 Å². The Morgan fingerprint density at radius 3 is 2.50 bits per heavy atom. The van der Waals surface area contributed by atoms with E-state index >= 15 is 0 Å². The average Bonchev–Trinajstić information content (AvgIpc) is 3.11. The van der Waals surface area contributed by atoms with Crippen molar-refractivity contribution in [1.29, 1.82) is 0 Å². The van der Waals surface area contributed by atoms with Gasteiger partial charge in [0.2, 0.25) is 11.8 Å². The summed E-state index contributed by atoms with van der Waals surface area (Å²) >= 11 is 0. The van der Waals surface area contributed by atoms with Crippen LogP contribution >= 0.6 is 0 Å². The molecule has 0 unspecified atom stereocenters. The van der Waals surface area contributed by atoms with Crippen LogP contribution < -0.4 is 0 Å². The van der Waals surface area contributed by atoms with E-state index in [4.69, 9.17) is 0 Å². The second-order valence-electron chi connectivity index (χ2n) is 8.02. The van der Waals surface area contributed by atoms with E-state index in [0.29, 0.717) is 12.5 Å². The van der Waals surface area contributed by atoms with Gasteiger partial charge < -0.3 is 14.4 Å². The van der Waals surface area contributed by atoms with Gasteiger partial charge >= 0.3 is 0 Å². The van der Waals surface area contributed by atoms with Gasteiger partial charge in [-0.1, -0.05) is 19.3 Å². The molecule has 1 saturated carbocycles. The van der Waals surface area contributed by atoms with E-state index in [1.54, 1.807) is 6.92 Å². The normalized spacial score (nSPS) is 24.4. The van der Waals surface area contributed by atoms with Gasteiger partial charge in [0, 0.05) is 44.9 Å². The number of carbonyl (C=O) groups is 2. The number of hydrogen-bond donors (Lipinski definition) is 0. The quantitative estimate of drug-likeness (QED) is 0.809. The van der Waals surface area contributed by atoms with E-state index in [2.05, 4.69) is 14.8 Å². The summed E-state index contributed by atoms with van der Waals surface area (Å²) in [7, 11) is 0. The number of likely N-dealkylation sites (tertiary alicyclic amines) is 1. The molecule has 0 spiro atoms. The summed E-state index contributed by atoms with van der Waals surface area (Å²) in [6, 6.07) is 0. The Morgan fingerprint density at radius 1 is 0.923 bits per heavy atom. The van der Waals surface area contributed by atoms with Crippen LogP contribution in [-0.2, 0) is 22.7 Å². The van der Waals surface area contributed by atoms with Crippen LogP contribution in [-0.4, -0.2) is 56.0 Å². The Balaban J connectivity index is 1.45. The highest BCUT2D eigenvalue weighted by atomic mass is 16.2. The van der Waals surface area contributed by atoms with Crippen molar-refractivity contribution in [2.24, 2.45) is 5.92 Å². The van der Waals surface area contributed by atoms with E-state index in [0.717, 1.165) is 63.5 Å². The second-order valence-corrected chi connectivity index (χ2v) is 8.02. The van der Waals surface area contributed by atoms with E-state index in [1.165, 1.54) is 19.3 Å². The number of fused-ring (bicyclic) bond motifs is 1. The minimum Gasteiger partial charge on any atom is -0.342 e. The fourth-order valence-electron chi connectivity index (χ4n) is 4.75. The molecule has 0 N–H and O–H groups in total. The number of rotatable bonds is 2. The topological polar surface area (TPSA) is 71.3 Å². The first kappa shape index (κ1) is 17.5. The summed E-state index contributed by atoms with van der Waals surface area (Å²) in [5, 5.41) is 8.85. The zero-order valence-corrected chi connectivity index (χ0v) is 15.7. The van der Waals surface area contributed by atoms with Crippen molar-refractivity contribution < 1.29 is 9.59 Å². The molecule has 0 bridgehead atoms. The first-order valence-electron chi connectivity index (χ1n) is 10.1. The minimum absolute atomic E-state index is 0.136. The van der Waals surface area contributed by atoms with Gasteiger partial charge in [0.15, 0.2) is 5.82 Å². The molecule has 26 heavy (non-hydrogen) atoms. The van der Waals surface area contributed by atoms with Crippen molar-refractivity contribution in [2.75, 3.05) is 19.6 Å². The van der Waals surface area contributed by atoms with Crippen LogP contribution in [0.15, 0.2) is 0 Å². The lowest BCUT2D eigenvalue weighted by atomic mass is 9.88. The van der Waals surface area contributed by atoms with Crippen molar-refractivity contribution in [3.8, 4) is 0 Å². The molecule has 4 rings (SSSR count). The van der Waals surface area contributed by atoms with Crippen LogP contribution in [0.5, 0.6) is 0 Å². The Labute approximate surface area is 154 Å². The Hall–Kier alpha value is -1.92. The van der Waals surface area contributed by atoms with Crippen LogP contribution in [0, 0.1) is 5.92 Å². The van der Waals surface area contributed by atoms with E-state index < -0.39 is 0 Å². The van der Waals surface area contributed by atoms with E-state index in [1.807, 2.05) is 9.80 Å². The van der Waals surface area contributed by atoms with Crippen LogP contribution in [0.25, 0.3) is 0 Å². The van der Waals surface area contributed by atoms with Gasteiger partial charge in [-0.25, -0.2) is 0 Å². The van der Waals surface area contributed by atoms with Gasteiger partial charge in [0.25, 0.3) is 0 Å². The summed E-state index contributed by atoms with van der Waals surface area (Å²) in [6.07, 6.45) is 7.76. The summed E-state index contributed by atoms with van der Waals surface area (Å²) in [5.41, 5.74) is 0. The molecule has 3 heterocycles. The number of aromatic nitrogens is 3. The molecule has 1 saturated heterocycles. The van der Waals surface area contributed by atoms with Crippen LogP contribution in [0.1, 0.15) is 69.4 Å². The molecule has 2 fully saturated rings. The number of carbonyl (C=O) groups excluding carboxylic acids is 2. The zero-order valence-electron chi connectivity index (χ0n) is 15.7. The predicted octanol–water partition coefficient (Wildman–Crippen LogP) is 1.93. The molecule has 142 valence electrons. The smallest absolute Gasteiger partial charge is 0.226 e. The lowest BCUT2D eigenvalue weighted by Crippen LogP contribution is -2.43. The molecule has 0 aromatic carbocycles. The molecule has 1 aromatic rings. The standard InChI is InChI=1S/C19H29N5O2/c1-14(25)22-9-5-8-16(12-22)18-21-20-17-13-23(10-11-24(17)18)19(26)15-6-3-2-4-7-15/h15-16H,2-13H2,1H3/t16-/m0/s1. The molecule has 0 radical (unpaired) electrons. The molecular weight excluding hydrogens is 330 g/mol. The third-order valence-corrected chi connectivity index (χ3v) is 6.28. The fourth-order valence-corrected chi connectivity index (χ4v) is 4.75. The van der Waals surface area contributed by atoms with Crippen molar-refractivity contribution in [2.45, 2.75) is 70.9 Å². The summed E-state index contributed by atoms with van der Waals surface area (Å²) < 4.78 is 2.19. The van der Waals surface area contributed by atoms with Crippen LogP contribution in [0.4, 0.5) is 0 Å². The molecule has 7 heteroatoms. The van der Waals surface area contributed by atoms with Crippen molar-refractivity contribution >= 4 is 11.8 Å². The zero-order chi connectivity index (χ0) is 18.1. The third kappa shape index (κ3) is 3.35. The largest absolute Gasteiger partial charge is 0.342 e. The van der Waals surface area contributed by atoms with Crippen molar-refractivity contribution in [3.05, 3.63) is 11.6 Å². The van der Waals surface area contributed by atoms with Crippen molar-refractivity contribution in [3.63, 3.8) is 0 Å². The Kier molecular flexibility index (Phi) is 4.96. The Bertz CT molecular complexity index is 679. The van der Waals surface area contributed by atoms with E-state index in [9.17, 15) is 9.59 Å². The SMILES string of the molecule is CC(=O)N1CCC[C@H](c2nnc3n2CCN(C(=O)C2CCCCC2)C3)C1. The molecule has 2 amide bonds. The van der Waals surface area contributed by atoms with Gasteiger partial charge in [-0.05, 0) is 25.7 Å². The fraction of sp³-hybridized carbons (Fsp3) is 0.789. The minimum atomic E-state index is 0.136. The first-order chi connectivity index (χ1) is 12.6. The molecular formula is C19H29N5O2. The van der Waals surface area contributed by atoms with Crippen LogP contribution in [0.3, 0.4) is 0 Å². The maximum atomic E-state index is 12.8. The lowest BCUT2D eigenvalue weighted by Gasteiger charge is -2.34. The molecule has 7 nitrogen and oxygen atoms in total. The van der Waals surface area contributed by atoms with Gasteiger partial charge in [-0.3, -0.25) is 9.59 Å². The monoisotopic (exact) mass is 359 g/mol. The highest BCUT2D eigenvalue weighted by Gasteiger charge is 2.33. The number of amides is 2. The highest BCUT2D eigenvalue weighted by molar-refractivity contribution is 5.79. The van der Waals surface area contributed by atoms with Crippen molar-refractivity contribution in [1.82, 2.24) is 24.6 Å². The third-order valence-electron chi connectivity index (χ3n) is 6.28.